The summed E-state index contributed by atoms with van der Waals surface area (Å²) in [7, 11) is 2.11. The van der Waals surface area contributed by atoms with E-state index < -0.39 is 0 Å². The quantitative estimate of drug-likeness (QED) is 0.860. The minimum absolute atomic E-state index is 0.422. The SMILES string of the molecule is Cn1c(C2CC2(C)C)nc2ccc(CN)cc21. The second-order valence-corrected chi connectivity index (χ2v) is 5.80. The summed E-state index contributed by atoms with van der Waals surface area (Å²) in [5, 5.41) is 0. The summed E-state index contributed by atoms with van der Waals surface area (Å²) in [5.41, 5.74) is 9.56. The molecule has 0 spiro atoms. The molecule has 1 unspecified atom stereocenters. The van der Waals surface area contributed by atoms with Crippen LogP contribution in [0.3, 0.4) is 0 Å². The monoisotopic (exact) mass is 229 g/mol. The lowest BCUT2D eigenvalue weighted by atomic mass is 10.1. The van der Waals surface area contributed by atoms with Gasteiger partial charge in [0, 0.05) is 19.5 Å². The van der Waals surface area contributed by atoms with E-state index in [1.807, 2.05) is 0 Å². The average molecular weight is 229 g/mol. The maximum Gasteiger partial charge on any atom is 0.113 e. The Bertz CT molecular complexity index is 580. The lowest BCUT2D eigenvalue weighted by molar-refractivity contribution is 0.600. The Kier molecular flexibility index (Phi) is 2.11. The average Bonchev–Trinajstić information content (AvgIpc) is 2.80. The third-order valence-corrected chi connectivity index (χ3v) is 4.04. The van der Waals surface area contributed by atoms with Gasteiger partial charge in [0.1, 0.15) is 5.82 Å². The van der Waals surface area contributed by atoms with Gasteiger partial charge in [-0.15, -0.1) is 0 Å². The highest BCUT2D eigenvalue weighted by Gasteiger charge is 2.49. The highest BCUT2D eigenvalue weighted by molar-refractivity contribution is 5.77. The minimum Gasteiger partial charge on any atom is -0.331 e. The minimum atomic E-state index is 0.422. The van der Waals surface area contributed by atoms with Crippen molar-refractivity contribution in [2.45, 2.75) is 32.7 Å². The molecule has 0 aliphatic heterocycles. The van der Waals surface area contributed by atoms with Gasteiger partial charge in [0.25, 0.3) is 0 Å². The third kappa shape index (κ3) is 1.57. The third-order valence-electron chi connectivity index (χ3n) is 4.04. The highest BCUT2D eigenvalue weighted by atomic mass is 15.1. The molecule has 0 radical (unpaired) electrons. The number of imidazole rings is 1. The van der Waals surface area contributed by atoms with Crippen molar-refractivity contribution in [2.24, 2.45) is 18.2 Å². The van der Waals surface area contributed by atoms with E-state index in [9.17, 15) is 0 Å². The number of hydrogen-bond acceptors (Lipinski definition) is 2. The van der Waals surface area contributed by atoms with Crippen molar-refractivity contribution in [1.29, 1.82) is 0 Å². The molecular formula is C14H19N3. The van der Waals surface area contributed by atoms with Gasteiger partial charge in [-0.1, -0.05) is 19.9 Å². The lowest BCUT2D eigenvalue weighted by Gasteiger charge is -2.04. The first-order valence-corrected chi connectivity index (χ1v) is 6.18. The topological polar surface area (TPSA) is 43.8 Å². The second kappa shape index (κ2) is 3.33. The van der Waals surface area contributed by atoms with E-state index in [0.717, 1.165) is 5.52 Å². The largest absolute Gasteiger partial charge is 0.331 e. The molecule has 1 atom stereocenters. The zero-order valence-electron chi connectivity index (χ0n) is 10.7. The van der Waals surface area contributed by atoms with Gasteiger partial charge in [0.05, 0.1) is 11.0 Å². The van der Waals surface area contributed by atoms with E-state index in [1.54, 1.807) is 0 Å². The van der Waals surface area contributed by atoms with Crippen LogP contribution in [0.1, 0.15) is 37.6 Å². The van der Waals surface area contributed by atoms with Crippen LogP contribution >= 0.6 is 0 Å². The second-order valence-electron chi connectivity index (χ2n) is 5.80. The summed E-state index contributed by atoms with van der Waals surface area (Å²) in [5.74, 6) is 1.83. The van der Waals surface area contributed by atoms with Crippen molar-refractivity contribution in [3.8, 4) is 0 Å². The van der Waals surface area contributed by atoms with Crippen molar-refractivity contribution in [2.75, 3.05) is 0 Å². The molecule has 3 rings (SSSR count). The number of aromatic nitrogens is 2. The fraction of sp³-hybridized carbons (Fsp3) is 0.500. The van der Waals surface area contributed by atoms with E-state index in [0.29, 0.717) is 17.9 Å². The van der Waals surface area contributed by atoms with Crippen molar-refractivity contribution in [3.05, 3.63) is 29.6 Å². The molecule has 1 heterocycles. The van der Waals surface area contributed by atoms with Crippen LogP contribution in [0.2, 0.25) is 0 Å². The molecule has 1 aliphatic rings. The molecule has 0 saturated heterocycles. The summed E-state index contributed by atoms with van der Waals surface area (Å²) in [6.45, 7) is 5.20. The zero-order valence-corrected chi connectivity index (χ0v) is 10.7. The van der Waals surface area contributed by atoms with Crippen LogP contribution in [0.25, 0.3) is 11.0 Å². The van der Waals surface area contributed by atoms with Crippen molar-refractivity contribution in [1.82, 2.24) is 9.55 Å². The van der Waals surface area contributed by atoms with Crippen molar-refractivity contribution in [3.63, 3.8) is 0 Å². The predicted molar refractivity (Wildman–Crippen MR) is 69.7 cm³/mol. The summed E-state index contributed by atoms with van der Waals surface area (Å²) in [6, 6.07) is 6.30. The number of rotatable bonds is 2. The van der Waals surface area contributed by atoms with Gasteiger partial charge in [-0.05, 0) is 29.5 Å². The van der Waals surface area contributed by atoms with E-state index in [2.05, 4.69) is 43.7 Å². The Labute approximate surface area is 102 Å². The number of hydrogen-bond donors (Lipinski definition) is 1. The molecule has 90 valence electrons. The molecule has 1 fully saturated rings. The lowest BCUT2D eigenvalue weighted by Crippen LogP contribution is -2.00. The Morgan fingerprint density at radius 3 is 2.76 bits per heavy atom. The Morgan fingerprint density at radius 1 is 1.47 bits per heavy atom. The number of aryl methyl sites for hydroxylation is 1. The number of nitrogens with two attached hydrogens (primary N) is 1. The van der Waals surface area contributed by atoms with Crippen LogP contribution in [0.4, 0.5) is 0 Å². The van der Waals surface area contributed by atoms with Crippen LogP contribution in [-0.4, -0.2) is 9.55 Å². The molecule has 1 aromatic carbocycles. The molecule has 3 heteroatoms. The molecule has 3 nitrogen and oxygen atoms in total. The van der Waals surface area contributed by atoms with Crippen LogP contribution in [-0.2, 0) is 13.6 Å². The van der Waals surface area contributed by atoms with Gasteiger partial charge >= 0.3 is 0 Å². The van der Waals surface area contributed by atoms with Gasteiger partial charge in [-0.25, -0.2) is 4.98 Å². The molecule has 2 aromatic rings. The zero-order chi connectivity index (χ0) is 12.2. The molecule has 1 aliphatic carbocycles. The molecule has 0 bridgehead atoms. The number of fused-ring (bicyclic) bond motifs is 1. The fourth-order valence-electron chi connectivity index (χ4n) is 2.60. The molecule has 1 aromatic heterocycles. The van der Waals surface area contributed by atoms with Crippen molar-refractivity contribution < 1.29 is 0 Å². The molecule has 0 amide bonds. The standard InChI is InChI=1S/C14H19N3/c1-14(2)7-10(14)13-16-11-5-4-9(8-15)6-12(11)17(13)3/h4-6,10H,7-8,15H2,1-3H3. The first-order chi connectivity index (χ1) is 8.03. The molecule has 1 saturated carbocycles. The normalized spacial score (nSPS) is 22.0. The first kappa shape index (κ1) is 10.8. The molecule has 2 N–H and O–H groups in total. The van der Waals surface area contributed by atoms with Gasteiger partial charge in [-0.2, -0.15) is 0 Å². The maximum atomic E-state index is 5.68. The van der Waals surface area contributed by atoms with E-state index in [1.165, 1.54) is 23.3 Å². The maximum absolute atomic E-state index is 5.68. The summed E-state index contributed by atoms with van der Waals surface area (Å²) in [6.07, 6.45) is 1.24. The fourth-order valence-corrected chi connectivity index (χ4v) is 2.60. The van der Waals surface area contributed by atoms with Crippen LogP contribution in [0, 0.1) is 5.41 Å². The molecular weight excluding hydrogens is 210 g/mol. The van der Waals surface area contributed by atoms with Crippen LogP contribution in [0.15, 0.2) is 18.2 Å². The van der Waals surface area contributed by atoms with Gasteiger partial charge in [0.15, 0.2) is 0 Å². The van der Waals surface area contributed by atoms with Crippen LogP contribution in [0.5, 0.6) is 0 Å². The first-order valence-electron chi connectivity index (χ1n) is 6.18. The Balaban J connectivity index is 2.13. The Morgan fingerprint density at radius 2 is 2.18 bits per heavy atom. The Hall–Kier alpha value is -1.35. The summed E-state index contributed by atoms with van der Waals surface area (Å²) in [4.78, 5) is 4.77. The predicted octanol–water partition coefficient (Wildman–Crippen LogP) is 2.55. The van der Waals surface area contributed by atoms with Gasteiger partial charge in [-0.3, -0.25) is 0 Å². The van der Waals surface area contributed by atoms with Crippen LogP contribution < -0.4 is 5.73 Å². The van der Waals surface area contributed by atoms with Crippen molar-refractivity contribution >= 4 is 11.0 Å². The number of nitrogens with zero attached hydrogens (tertiary/aromatic N) is 2. The van der Waals surface area contributed by atoms with E-state index >= 15 is 0 Å². The molecule has 17 heavy (non-hydrogen) atoms. The van der Waals surface area contributed by atoms with E-state index in [4.69, 9.17) is 10.7 Å². The smallest absolute Gasteiger partial charge is 0.113 e. The van der Waals surface area contributed by atoms with Gasteiger partial charge in [0.2, 0.25) is 0 Å². The number of benzene rings is 1. The summed E-state index contributed by atoms with van der Waals surface area (Å²) < 4.78 is 2.23. The van der Waals surface area contributed by atoms with E-state index in [-0.39, 0.29) is 0 Å². The van der Waals surface area contributed by atoms with Gasteiger partial charge < -0.3 is 10.3 Å². The summed E-state index contributed by atoms with van der Waals surface area (Å²) >= 11 is 0. The highest BCUT2D eigenvalue weighted by Crippen LogP contribution is 2.58.